The largest absolute Gasteiger partial charge is 0.455 e. The van der Waals surface area contributed by atoms with E-state index in [4.69, 9.17) is 0 Å². The van der Waals surface area contributed by atoms with Crippen LogP contribution in [0.25, 0.3) is 0 Å². The second-order valence-corrected chi connectivity index (χ2v) is 4.86. The molecular formula is C14H10F8O4. The molecule has 26 heavy (non-hydrogen) atoms. The van der Waals surface area contributed by atoms with Crippen LogP contribution in [0.1, 0.15) is 20.7 Å². The lowest BCUT2D eigenvalue weighted by atomic mass is 10.1. The van der Waals surface area contributed by atoms with Crippen LogP contribution in [0, 0.1) is 0 Å². The molecular weight excluding hydrogens is 384 g/mol. The van der Waals surface area contributed by atoms with E-state index in [1.807, 2.05) is 0 Å². The van der Waals surface area contributed by atoms with Gasteiger partial charge in [-0.25, -0.2) is 27.2 Å². The van der Waals surface area contributed by atoms with E-state index in [1.165, 1.54) is 0 Å². The number of hydrogen-bond donors (Lipinski definition) is 0. The number of ether oxygens (including phenoxy) is 2. The van der Waals surface area contributed by atoms with Gasteiger partial charge in [-0.3, -0.25) is 0 Å². The van der Waals surface area contributed by atoms with Gasteiger partial charge in [0.1, 0.15) is 0 Å². The highest BCUT2D eigenvalue weighted by molar-refractivity contribution is 5.95. The summed E-state index contributed by atoms with van der Waals surface area (Å²) in [5.41, 5.74) is -1.10. The molecule has 1 rings (SSSR count). The number of halogens is 8. The van der Waals surface area contributed by atoms with E-state index < -0.39 is 61.0 Å². The van der Waals surface area contributed by atoms with Gasteiger partial charge in [0.15, 0.2) is 13.2 Å². The van der Waals surface area contributed by atoms with E-state index in [0.717, 1.165) is 18.2 Å². The minimum absolute atomic E-state index is 0.551. The van der Waals surface area contributed by atoms with Crippen LogP contribution in [-0.2, 0) is 9.47 Å². The summed E-state index contributed by atoms with van der Waals surface area (Å²) in [5, 5.41) is 0. The van der Waals surface area contributed by atoms with Crippen LogP contribution >= 0.6 is 0 Å². The lowest BCUT2D eigenvalue weighted by molar-refractivity contribution is -0.155. The molecule has 0 spiro atoms. The molecule has 0 fully saturated rings. The van der Waals surface area contributed by atoms with E-state index in [2.05, 4.69) is 9.47 Å². The summed E-state index contributed by atoms with van der Waals surface area (Å²) >= 11 is 0. The molecule has 0 aliphatic rings. The van der Waals surface area contributed by atoms with Crippen molar-refractivity contribution in [1.29, 1.82) is 0 Å². The summed E-state index contributed by atoms with van der Waals surface area (Å²) in [4.78, 5) is 23.0. The molecule has 0 heterocycles. The molecule has 1 aromatic carbocycles. The topological polar surface area (TPSA) is 52.6 Å². The van der Waals surface area contributed by atoms with Crippen molar-refractivity contribution in [3.8, 4) is 0 Å². The Kier molecular flexibility index (Phi) is 6.93. The highest BCUT2D eigenvalue weighted by Crippen LogP contribution is 2.24. The van der Waals surface area contributed by atoms with Gasteiger partial charge in [-0.05, 0) is 18.2 Å². The maximum absolute atomic E-state index is 12.7. The van der Waals surface area contributed by atoms with Crippen molar-refractivity contribution in [2.24, 2.45) is 0 Å². The van der Waals surface area contributed by atoms with E-state index >= 15 is 0 Å². The molecule has 12 heteroatoms. The van der Waals surface area contributed by atoms with Crippen molar-refractivity contribution in [2.45, 2.75) is 24.7 Å². The molecule has 0 atom stereocenters. The molecule has 0 amide bonds. The lowest BCUT2D eigenvalue weighted by Crippen LogP contribution is -2.33. The number of hydrogen-bond acceptors (Lipinski definition) is 4. The van der Waals surface area contributed by atoms with Crippen LogP contribution in [0.2, 0.25) is 0 Å². The van der Waals surface area contributed by atoms with Gasteiger partial charge in [0, 0.05) is 0 Å². The van der Waals surface area contributed by atoms with Crippen molar-refractivity contribution in [3.05, 3.63) is 35.4 Å². The van der Waals surface area contributed by atoms with E-state index in [9.17, 15) is 44.7 Å². The van der Waals surface area contributed by atoms with Gasteiger partial charge < -0.3 is 9.47 Å². The third-order valence-corrected chi connectivity index (χ3v) is 2.76. The van der Waals surface area contributed by atoms with Crippen molar-refractivity contribution in [3.63, 3.8) is 0 Å². The summed E-state index contributed by atoms with van der Waals surface area (Å²) in [7, 11) is 0. The standard InChI is InChI=1S/C14H10F8O4/c15-11(16)13(19,20)5-25-9(23)7-2-1-3-8(4-7)10(24)26-6-14(21,22)12(17)18/h1-4,11-12H,5-6H2. The first-order valence-corrected chi connectivity index (χ1v) is 6.63. The zero-order valence-corrected chi connectivity index (χ0v) is 12.5. The fourth-order valence-electron chi connectivity index (χ4n) is 1.39. The molecule has 146 valence electrons. The number of alkyl halides is 8. The molecule has 0 unspecified atom stereocenters. The fraction of sp³-hybridized carbons (Fsp3) is 0.429. The Hall–Kier alpha value is -2.40. The molecule has 4 nitrogen and oxygen atoms in total. The highest BCUT2D eigenvalue weighted by atomic mass is 19.3. The molecule has 0 saturated carbocycles. The molecule has 0 aliphatic heterocycles. The normalized spacial score (nSPS) is 12.4. The first kappa shape index (κ1) is 21.6. The zero-order valence-electron chi connectivity index (χ0n) is 12.5. The number of rotatable bonds is 8. The summed E-state index contributed by atoms with van der Waals surface area (Å²) in [6.45, 7) is -3.86. The second-order valence-electron chi connectivity index (χ2n) is 4.86. The van der Waals surface area contributed by atoms with Crippen LogP contribution in [0.15, 0.2) is 24.3 Å². The van der Waals surface area contributed by atoms with Crippen LogP contribution in [0.4, 0.5) is 35.1 Å². The third-order valence-electron chi connectivity index (χ3n) is 2.76. The Morgan fingerprint density at radius 3 is 1.46 bits per heavy atom. The lowest BCUT2D eigenvalue weighted by Gasteiger charge is -2.16. The van der Waals surface area contributed by atoms with Crippen LogP contribution in [0.3, 0.4) is 0 Å². The summed E-state index contributed by atoms with van der Waals surface area (Å²) < 4.78 is 107. The number of esters is 2. The van der Waals surface area contributed by atoms with Gasteiger partial charge in [-0.2, -0.15) is 17.6 Å². The minimum atomic E-state index is -4.59. The molecule has 0 N–H and O–H groups in total. The summed E-state index contributed by atoms with van der Waals surface area (Å²) in [5.74, 6) is -12.2. The van der Waals surface area contributed by atoms with Crippen molar-refractivity contribution >= 4 is 11.9 Å². The predicted octanol–water partition coefficient (Wildman–Crippen LogP) is 3.80. The summed E-state index contributed by atoms with van der Waals surface area (Å²) in [6.07, 6.45) is -8.15. The Labute approximate surface area is 140 Å². The molecule has 0 saturated heterocycles. The summed E-state index contributed by atoms with van der Waals surface area (Å²) in [6, 6.07) is 3.58. The molecule has 0 aliphatic carbocycles. The Morgan fingerprint density at radius 1 is 0.808 bits per heavy atom. The van der Waals surface area contributed by atoms with Crippen molar-refractivity contribution in [1.82, 2.24) is 0 Å². The molecule has 0 radical (unpaired) electrons. The average molecular weight is 394 g/mol. The number of benzene rings is 1. The molecule has 0 aromatic heterocycles. The van der Waals surface area contributed by atoms with Gasteiger partial charge in [-0.1, -0.05) is 6.07 Å². The highest BCUT2D eigenvalue weighted by Gasteiger charge is 2.43. The van der Waals surface area contributed by atoms with Gasteiger partial charge in [-0.15, -0.1) is 0 Å². The monoisotopic (exact) mass is 394 g/mol. The van der Waals surface area contributed by atoms with E-state index in [0.29, 0.717) is 6.07 Å². The van der Waals surface area contributed by atoms with Gasteiger partial charge in [0.05, 0.1) is 11.1 Å². The molecule has 1 aromatic rings. The van der Waals surface area contributed by atoms with Gasteiger partial charge in [0.25, 0.3) is 0 Å². The first-order valence-electron chi connectivity index (χ1n) is 6.63. The van der Waals surface area contributed by atoms with Crippen LogP contribution in [-0.4, -0.2) is 49.8 Å². The van der Waals surface area contributed by atoms with E-state index in [1.54, 1.807) is 0 Å². The van der Waals surface area contributed by atoms with Crippen molar-refractivity contribution in [2.75, 3.05) is 13.2 Å². The number of carbonyl (C=O) groups is 2. The average Bonchev–Trinajstić information content (AvgIpc) is 2.57. The maximum Gasteiger partial charge on any atom is 0.340 e. The Bertz CT molecular complexity index is 596. The quantitative estimate of drug-likeness (QED) is 0.497. The zero-order chi connectivity index (χ0) is 20.1. The van der Waals surface area contributed by atoms with Crippen molar-refractivity contribution < 1.29 is 54.2 Å². The molecule has 0 bridgehead atoms. The first-order chi connectivity index (χ1) is 11.9. The SMILES string of the molecule is O=C(OCC(F)(F)C(F)F)c1cccc(C(=O)OCC(F)(F)C(F)F)c1. The van der Waals surface area contributed by atoms with Gasteiger partial charge in [0.2, 0.25) is 0 Å². The second kappa shape index (κ2) is 8.32. The smallest absolute Gasteiger partial charge is 0.340 e. The predicted molar refractivity (Wildman–Crippen MR) is 68.9 cm³/mol. The van der Waals surface area contributed by atoms with Gasteiger partial charge >= 0.3 is 36.6 Å². The van der Waals surface area contributed by atoms with Crippen LogP contribution in [0.5, 0.6) is 0 Å². The van der Waals surface area contributed by atoms with Crippen LogP contribution < -0.4 is 0 Å². The number of carbonyl (C=O) groups excluding carboxylic acids is 2. The minimum Gasteiger partial charge on any atom is -0.455 e. The fourth-order valence-corrected chi connectivity index (χ4v) is 1.39. The Balaban J connectivity index is 2.75. The third kappa shape index (κ3) is 5.85. The van der Waals surface area contributed by atoms with E-state index in [-0.39, 0.29) is 0 Å². The maximum atomic E-state index is 12.7. The Morgan fingerprint density at radius 2 is 1.15 bits per heavy atom.